The average Bonchev–Trinajstić information content (AvgIpc) is 3.16. The van der Waals surface area contributed by atoms with Gasteiger partial charge in [-0.05, 0) is 6.42 Å². The summed E-state index contributed by atoms with van der Waals surface area (Å²) in [6.45, 7) is -5.39. The molecule has 42 heteroatoms. The molecular formula is C29H19F34NO7. The Morgan fingerprint density at radius 1 is 0.366 bits per heavy atom. The Bertz CT molecular complexity index is 1910. The molecule has 2 N–H and O–H groups in total. The first-order valence-electron chi connectivity index (χ1n) is 17.0. The molecule has 1 amide bonds. The molecule has 0 aliphatic carbocycles. The van der Waals surface area contributed by atoms with E-state index in [-0.39, 0.29) is 0 Å². The quantitative estimate of drug-likeness (QED) is 0.0654. The molecule has 71 heavy (non-hydrogen) atoms. The second kappa shape index (κ2) is 19.7. The summed E-state index contributed by atoms with van der Waals surface area (Å²) in [7, 11) is 0. The van der Waals surface area contributed by atoms with E-state index in [9.17, 15) is 168 Å². The smallest absolute Gasteiger partial charge is 0.460 e. The SMILES string of the molecule is O=C(O)CCC(=O)N[C@@H](CCC(=O)OCCC(F)(F)C(F)(F)C(F)(F)C(F)(F)C(F)(F)C(F)(F)C(F)(F)C(F)(F)F)C(=O)OCCC(F)(F)C(F)(F)C(F)(F)C(F)(F)C(F)(F)C(F)(F)C(F)(F)C(F)(F)F. The number of amides is 1. The van der Waals surface area contributed by atoms with Crippen LogP contribution in [0.1, 0.15) is 38.5 Å². The van der Waals surface area contributed by atoms with E-state index in [2.05, 4.69) is 9.47 Å². The summed E-state index contributed by atoms with van der Waals surface area (Å²) in [5.41, 5.74) is 0. The largest absolute Gasteiger partial charge is 0.481 e. The van der Waals surface area contributed by atoms with Crippen LogP contribution < -0.4 is 5.32 Å². The van der Waals surface area contributed by atoms with Gasteiger partial charge in [0.05, 0.1) is 32.5 Å². The standard InChI is InChI=1S/C29H19F34NO7/c30-14(31,16(34,35)18(38,39)20(42,43)22(46,47)24(50,51)26(54,55)28(58,59)60)5-7-70-12(68)4-1-9(64-10(65)2-3-11(66)67)13(69)71-8-6-15(32,33)17(36,37)19(40,41)21(44,45)23(48,49)25(52,53)27(56,57)29(61,62)63/h9H,1-8H2,(H,64,65)(H,66,67)/t9-/m0/s1. The van der Waals surface area contributed by atoms with Crippen LogP contribution >= 0.6 is 0 Å². The molecule has 0 radical (unpaired) electrons. The summed E-state index contributed by atoms with van der Waals surface area (Å²) in [5.74, 6) is -128. The zero-order chi connectivity index (χ0) is 57.7. The van der Waals surface area contributed by atoms with Crippen LogP contribution in [0.4, 0.5) is 149 Å². The highest BCUT2D eigenvalue weighted by molar-refractivity contribution is 5.86. The third kappa shape index (κ3) is 11.2. The minimum absolute atomic E-state index is 1.24. The molecule has 0 saturated carbocycles. The van der Waals surface area contributed by atoms with Crippen molar-refractivity contribution in [2.75, 3.05) is 13.2 Å². The van der Waals surface area contributed by atoms with Gasteiger partial charge in [0.1, 0.15) is 6.04 Å². The summed E-state index contributed by atoms with van der Waals surface area (Å²) in [4.78, 5) is 46.8. The first-order valence-corrected chi connectivity index (χ1v) is 17.0. The van der Waals surface area contributed by atoms with Crippen LogP contribution in [0.25, 0.3) is 0 Å². The molecule has 0 fully saturated rings. The van der Waals surface area contributed by atoms with Crippen molar-refractivity contribution < 1.29 is 183 Å². The Morgan fingerprint density at radius 3 is 0.915 bits per heavy atom. The average molecular weight is 1140 g/mol. The summed E-state index contributed by atoms with van der Waals surface area (Å²) in [6.07, 6.45) is -29.3. The van der Waals surface area contributed by atoms with Crippen LogP contribution in [0, 0.1) is 0 Å². The van der Waals surface area contributed by atoms with Crippen molar-refractivity contribution in [1.82, 2.24) is 5.32 Å². The second-order valence-corrected chi connectivity index (χ2v) is 13.7. The van der Waals surface area contributed by atoms with E-state index in [0.29, 0.717) is 0 Å². The second-order valence-electron chi connectivity index (χ2n) is 13.7. The van der Waals surface area contributed by atoms with Crippen LogP contribution in [0.2, 0.25) is 0 Å². The zero-order valence-electron chi connectivity index (χ0n) is 32.5. The van der Waals surface area contributed by atoms with E-state index in [1.165, 1.54) is 5.32 Å². The monoisotopic (exact) mass is 1140 g/mol. The van der Waals surface area contributed by atoms with Crippen LogP contribution in [0.5, 0.6) is 0 Å². The van der Waals surface area contributed by atoms with Gasteiger partial charge < -0.3 is 19.9 Å². The molecular weight excluding hydrogens is 1120 g/mol. The first kappa shape index (κ1) is 66.5. The van der Waals surface area contributed by atoms with Crippen LogP contribution in [-0.4, -0.2) is 143 Å². The van der Waals surface area contributed by atoms with Gasteiger partial charge in [-0.1, -0.05) is 0 Å². The molecule has 0 unspecified atom stereocenters. The summed E-state index contributed by atoms with van der Waals surface area (Å²) >= 11 is 0. The number of halogens is 34. The van der Waals surface area contributed by atoms with Gasteiger partial charge in [-0.3, -0.25) is 14.4 Å². The highest BCUT2D eigenvalue weighted by atomic mass is 19.4. The number of hydrogen-bond acceptors (Lipinski definition) is 6. The molecule has 0 rings (SSSR count). The molecule has 0 aromatic rings. The highest BCUT2D eigenvalue weighted by Gasteiger charge is 2.97. The van der Waals surface area contributed by atoms with Crippen molar-refractivity contribution in [3.8, 4) is 0 Å². The lowest BCUT2D eigenvalue weighted by atomic mass is 9.88. The number of carboxylic acid groups (broad SMARTS) is 1. The number of carbonyl (C=O) groups excluding carboxylic acids is 3. The van der Waals surface area contributed by atoms with Crippen molar-refractivity contribution in [2.24, 2.45) is 0 Å². The lowest BCUT2D eigenvalue weighted by Crippen LogP contribution is -2.74. The Morgan fingerprint density at radius 2 is 0.634 bits per heavy atom. The number of esters is 2. The normalized spacial score (nSPS) is 15.9. The number of aliphatic carboxylic acids is 1. The van der Waals surface area contributed by atoms with Crippen molar-refractivity contribution in [1.29, 1.82) is 0 Å². The Labute approximate surface area is 366 Å². The third-order valence-corrected chi connectivity index (χ3v) is 8.74. The highest BCUT2D eigenvalue weighted by Crippen LogP contribution is 2.66. The molecule has 420 valence electrons. The summed E-state index contributed by atoms with van der Waals surface area (Å²) < 4.78 is 464. The van der Waals surface area contributed by atoms with Gasteiger partial charge in [0.2, 0.25) is 5.91 Å². The molecule has 0 heterocycles. The predicted octanol–water partition coefficient (Wildman–Crippen LogP) is 11.0. The van der Waals surface area contributed by atoms with E-state index in [1.54, 1.807) is 0 Å². The van der Waals surface area contributed by atoms with E-state index >= 15 is 0 Å². The van der Waals surface area contributed by atoms with Gasteiger partial charge in [-0.15, -0.1) is 0 Å². The maximum Gasteiger partial charge on any atom is 0.460 e. The van der Waals surface area contributed by atoms with Gasteiger partial charge >= 0.3 is 113 Å². The number of carboxylic acids is 1. The van der Waals surface area contributed by atoms with Gasteiger partial charge in [-0.2, -0.15) is 149 Å². The fraction of sp³-hybridized carbons (Fsp3) is 0.862. The minimum Gasteiger partial charge on any atom is -0.481 e. The van der Waals surface area contributed by atoms with E-state index in [0.717, 1.165) is 0 Å². The number of carbonyl (C=O) groups is 4. The van der Waals surface area contributed by atoms with Crippen molar-refractivity contribution >= 4 is 23.8 Å². The number of hydrogen-bond donors (Lipinski definition) is 2. The molecule has 1 atom stereocenters. The Kier molecular flexibility index (Phi) is 18.5. The molecule has 8 nitrogen and oxygen atoms in total. The molecule has 0 spiro atoms. The third-order valence-electron chi connectivity index (χ3n) is 8.74. The molecule has 0 aromatic carbocycles. The van der Waals surface area contributed by atoms with Crippen molar-refractivity contribution in [3.05, 3.63) is 0 Å². The van der Waals surface area contributed by atoms with E-state index < -0.39 is 177 Å². The van der Waals surface area contributed by atoms with Crippen LogP contribution in [0.3, 0.4) is 0 Å². The van der Waals surface area contributed by atoms with Crippen molar-refractivity contribution in [3.63, 3.8) is 0 Å². The molecule has 0 bridgehead atoms. The lowest BCUT2D eigenvalue weighted by molar-refractivity contribution is -0.461. The summed E-state index contributed by atoms with van der Waals surface area (Å²) in [6, 6.07) is -2.89. The number of alkyl halides is 34. The van der Waals surface area contributed by atoms with Crippen LogP contribution in [-0.2, 0) is 28.7 Å². The van der Waals surface area contributed by atoms with Gasteiger partial charge in [0, 0.05) is 12.8 Å². The Hall–Kier alpha value is -4.50. The van der Waals surface area contributed by atoms with Crippen molar-refractivity contribution in [2.45, 2.75) is 140 Å². The number of nitrogens with one attached hydrogen (secondary N) is 1. The predicted molar refractivity (Wildman–Crippen MR) is 151 cm³/mol. The fourth-order valence-corrected chi connectivity index (χ4v) is 4.45. The molecule has 0 saturated heterocycles. The van der Waals surface area contributed by atoms with Gasteiger partial charge in [0.15, 0.2) is 0 Å². The topological polar surface area (TPSA) is 119 Å². The van der Waals surface area contributed by atoms with E-state index in [4.69, 9.17) is 5.11 Å². The maximum absolute atomic E-state index is 14.2. The molecule has 0 aliphatic rings. The Balaban J connectivity index is 6.40. The fourth-order valence-electron chi connectivity index (χ4n) is 4.45. The number of rotatable bonds is 26. The van der Waals surface area contributed by atoms with Crippen LogP contribution in [0.15, 0.2) is 0 Å². The lowest BCUT2D eigenvalue weighted by Gasteiger charge is -2.42. The molecule has 0 aliphatic heterocycles. The maximum atomic E-state index is 14.2. The minimum atomic E-state index is -9.04. The molecule has 0 aromatic heterocycles. The zero-order valence-corrected chi connectivity index (χ0v) is 32.5. The van der Waals surface area contributed by atoms with Gasteiger partial charge in [0.25, 0.3) is 0 Å². The first-order chi connectivity index (χ1) is 30.7. The van der Waals surface area contributed by atoms with E-state index in [1.807, 2.05) is 0 Å². The number of ether oxygens (including phenoxy) is 2. The summed E-state index contributed by atoms with van der Waals surface area (Å²) in [5, 5.41) is 9.81. The van der Waals surface area contributed by atoms with Gasteiger partial charge in [-0.25, -0.2) is 4.79 Å².